The SMILES string of the molecule is C#CCC(CC(=O)OCCOCCC)Cc1ccc(O[C@@H]2OC(CO)[C@H](O[C@H]3OC(CO)[C@H](O[C@H]4OC(CO)[C@@H](O[C@H]5OC(CO)[C@@H](O)[C@H](O)C5O)[C@H](O)C4O)[C@H](O)C3O)[C@H](O)C2O)c(CF)c1. The van der Waals surface area contributed by atoms with Crippen LogP contribution in [0.5, 0.6) is 5.75 Å². The first-order valence-electron chi connectivity index (χ1n) is 22.2. The van der Waals surface area contributed by atoms with Crippen molar-refractivity contribution >= 4 is 5.97 Å². The first-order valence-corrected chi connectivity index (χ1v) is 22.2. The van der Waals surface area contributed by atoms with E-state index in [0.717, 1.165) is 6.42 Å². The number of ether oxygens (including phenoxy) is 10. The maximum atomic E-state index is 14.4. The van der Waals surface area contributed by atoms with Gasteiger partial charge in [0.2, 0.25) is 6.29 Å². The van der Waals surface area contributed by atoms with Gasteiger partial charge >= 0.3 is 5.97 Å². The molecule has 4 saturated heterocycles. The number of hydrogen-bond donors (Lipinski definition) is 13. The summed E-state index contributed by atoms with van der Waals surface area (Å²) >= 11 is 0. The number of halogens is 1. The van der Waals surface area contributed by atoms with Crippen molar-refractivity contribution in [1.82, 2.24) is 0 Å². The Morgan fingerprint density at radius 2 is 1.12 bits per heavy atom. The van der Waals surface area contributed by atoms with Crippen molar-refractivity contribution in [2.45, 2.75) is 162 Å². The topological polar surface area (TPSA) is 372 Å². The third-order valence-electron chi connectivity index (χ3n) is 11.9. The average molecular weight is 985 g/mol. The molecule has 0 saturated carbocycles. The molecular formula is C43H65FO24. The highest BCUT2D eigenvalue weighted by molar-refractivity contribution is 5.69. The Morgan fingerprint density at radius 1 is 0.647 bits per heavy atom. The average Bonchev–Trinajstić information content (AvgIpc) is 3.33. The summed E-state index contributed by atoms with van der Waals surface area (Å²) in [7, 11) is 0. The number of carbonyl (C=O) groups is 1. The van der Waals surface area contributed by atoms with Crippen molar-refractivity contribution in [3.05, 3.63) is 29.3 Å². The number of benzene rings is 1. The van der Waals surface area contributed by atoms with Crippen molar-refractivity contribution in [3.63, 3.8) is 0 Å². The number of aliphatic hydroxyl groups excluding tert-OH is 13. The van der Waals surface area contributed by atoms with Gasteiger partial charge in [-0.05, 0) is 36.5 Å². The fourth-order valence-corrected chi connectivity index (χ4v) is 8.20. The van der Waals surface area contributed by atoms with Crippen LogP contribution in [-0.4, -0.2) is 241 Å². The van der Waals surface area contributed by atoms with Gasteiger partial charge < -0.3 is 114 Å². The van der Waals surface area contributed by atoms with Crippen LogP contribution in [0.15, 0.2) is 18.2 Å². The lowest BCUT2D eigenvalue weighted by atomic mass is 9.92. The lowest BCUT2D eigenvalue weighted by Crippen LogP contribution is -2.67. The largest absolute Gasteiger partial charge is 0.463 e. The zero-order valence-corrected chi connectivity index (χ0v) is 37.1. The Balaban J connectivity index is 1.19. The second-order valence-electron chi connectivity index (χ2n) is 16.8. The van der Waals surface area contributed by atoms with Crippen LogP contribution in [0, 0.1) is 18.3 Å². The summed E-state index contributed by atoms with van der Waals surface area (Å²) in [6.07, 6.45) is -29.5. The van der Waals surface area contributed by atoms with E-state index in [9.17, 15) is 75.6 Å². The zero-order valence-electron chi connectivity index (χ0n) is 37.1. The summed E-state index contributed by atoms with van der Waals surface area (Å²) in [5.74, 6) is 1.61. The number of rotatable bonds is 23. The van der Waals surface area contributed by atoms with Crippen LogP contribution < -0.4 is 4.74 Å². The standard InChI is InChI=1S/C43H65FO24/c1-3-5-19(13-27(49)60-10-9-59-8-4-2)11-20-6-7-22(21(12-20)14-44)61-40-34(56)30(52)37(24(16-46)63-40)67-42-36(58)32(54)39(26(18-48)65-42)68-43-35(57)31(53)38(25(17-47)64-43)66-41-33(55)29(51)28(50)23(15-45)62-41/h1,6-7,12,19,23-26,28-43,45-48,50-58H,4-5,8-11,13-18H2,2H3/t19?,23?,24?,25?,26?,28-,29+,30-,31-,32-,33?,34?,35?,36?,37+,38-,39+,40-,41-,42-,43-/m1/s1. The van der Waals surface area contributed by atoms with Gasteiger partial charge in [0.1, 0.15) is 117 Å². The van der Waals surface area contributed by atoms with Crippen molar-refractivity contribution in [2.75, 3.05) is 46.2 Å². The molecule has 0 spiro atoms. The molecule has 4 aliphatic heterocycles. The molecule has 0 radical (unpaired) electrons. The van der Waals surface area contributed by atoms with Crippen molar-refractivity contribution in [2.24, 2.45) is 5.92 Å². The minimum absolute atomic E-state index is 0.00165. The van der Waals surface area contributed by atoms with Crippen molar-refractivity contribution < 1.29 is 123 Å². The van der Waals surface area contributed by atoms with E-state index in [1.807, 2.05) is 6.92 Å². The van der Waals surface area contributed by atoms with Crippen LogP contribution in [0.3, 0.4) is 0 Å². The molecule has 13 N–H and O–H groups in total. The molecule has 1 aromatic rings. The normalized spacial score (nSPS) is 39.2. The van der Waals surface area contributed by atoms with Gasteiger partial charge in [0, 0.05) is 25.0 Å². The minimum Gasteiger partial charge on any atom is -0.463 e. The summed E-state index contributed by atoms with van der Waals surface area (Å²) in [4.78, 5) is 12.4. The van der Waals surface area contributed by atoms with Crippen molar-refractivity contribution in [3.8, 4) is 18.1 Å². The predicted molar refractivity (Wildman–Crippen MR) is 221 cm³/mol. The Hall–Kier alpha value is -2.86. The molecule has 68 heavy (non-hydrogen) atoms. The van der Waals surface area contributed by atoms with Crippen LogP contribution in [0.2, 0.25) is 0 Å². The highest BCUT2D eigenvalue weighted by Gasteiger charge is 2.55. The highest BCUT2D eigenvalue weighted by Crippen LogP contribution is 2.35. The van der Waals surface area contributed by atoms with Crippen LogP contribution in [-0.2, 0) is 60.5 Å². The molecule has 0 aliphatic carbocycles. The third-order valence-corrected chi connectivity index (χ3v) is 11.9. The Labute approximate surface area is 390 Å². The molecule has 4 heterocycles. The highest BCUT2D eigenvalue weighted by atomic mass is 19.1. The molecule has 4 fully saturated rings. The van der Waals surface area contributed by atoms with Gasteiger partial charge in [0.15, 0.2) is 18.9 Å². The van der Waals surface area contributed by atoms with Gasteiger partial charge in [0.05, 0.1) is 33.0 Å². The molecule has 21 atom stereocenters. The van der Waals surface area contributed by atoms with E-state index in [2.05, 4.69) is 5.92 Å². The van der Waals surface area contributed by atoms with Gasteiger partial charge in [-0.25, -0.2) is 4.39 Å². The number of carbonyl (C=O) groups excluding carboxylic acids is 1. The van der Waals surface area contributed by atoms with E-state index < -0.39 is 162 Å². The number of alkyl halides is 1. The fourth-order valence-electron chi connectivity index (χ4n) is 8.20. The lowest BCUT2D eigenvalue weighted by molar-refractivity contribution is -0.387. The number of hydrogen-bond acceptors (Lipinski definition) is 24. The number of aliphatic hydroxyl groups is 13. The van der Waals surface area contributed by atoms with E-state index in [1.165, 1.54) is 12.1 Å². The van der Waals surface area contributed by atoms with E-state index >= 15 is 0 Å². The number of esters is 1. The molecule has 4 aliphatic rings. The summed E-state index contributed by atoms with van der Waals surface area (Å²) in [5, 5.41) is 137. The minimum atomic E-state index is -2.09. The summed E-state index contributed by atoms with van der Waals surface area (Å²) < 4.78 is 70.0. The first-order chi connectivity index (χ1) is 32.5. The summed E-state index contributed by atoms with van der Waals surface area (Å²) in [6.45, 7) is -1.81. The van der Waals surface area contributed by atoms with Crippen LogP contribution in [0.25, 0.3) is 0 Å². The summed E-state index contributed by atoms with van der Waals surface area (Å²) in [6, 6.07) is 4.44. The first kappa shape index (κ1) is 56.1. The molecule has 0 amide bonds. The van der Waals surface area contributed by atoms with Crippen molar-refractivity contribution in [1.29, 1.82) is 0 Å². The molecular weight excluding hydrogens is 919 g/mol. The molecule has 9 unspecified atom stereocenters. The lowest BCUT2D eigenvalue weighted by Gasteiger charge is -2.49. The molecule has 0 aromatic heterocycles. The van der Waals surface area contributed by atoms with Crippen LogP contribution in [0.4, 0.5) is 4.39 Å². The van der Waals surface area contributed by atoms with E-state index in [-0.39, 0.29) is 49.7 Å². The predicted octanol–water partition coefficient (Wildman–Crippen LogP) is -5.65. The quantitative estimate of drug-likeness (QED) is 0.0276. The molecule has 0 bridgehead atoms. The molecule has 5 rings (SSSR count). The second kappa shape index (κ2) is 26.5. The van der Waals surface area contributed by atoms with Gasteiger partial charge in [-0.1, -0.05) is 13.0 Å². The monoisotopic (exact) mass is 984 g/mol. The van der Waals surface area contributed by atoms with E-state index in [4.69, 9.17) is 53.8 Å². The van der Waals surface area contributed by atoms with Crippen LogP contribution >= 0.6 is 0 Å². The van der Waals surface area contributed by atoms with Gasteiger partial charge in [0.25, 0.3) is 0 Å². The Kier molecular flexibility index (Phi) is 21.9. The second-order valence-corrected chi connectivity index (χ2v) is 16.8. The smallest absolute Gasteiger partial charge is 0.306 e. The molecule has 24 nitrogen and oxygen atoms in total. The van der Waals surface area contributed by atoms with Gasteiger partial charge in [-0.2, -0.15) is 0 Å². The Bertz CT molecular complexity index is 1720. The maximum Gasteiger partial charge on any atom is 0.306 e. The molecule has 1 aromatic carbocycles. The molecule has 25 heteroatoms. The summed E-state index contributed by atoms with van der Waals surface area (Å²) in [5.41, 5.74) is 0.608. The third kappa shape index (κ3) is 13.5. The number of terminal acetylenes is 1. The molecule has 388 valence electrons. The Morgan fingerprint density at radius 3 is 1.59 bits per heavy atom. The van der Waals surface area contributed by atoms with Crippen LogP contribution in [0.1, 0.15) is 37.3 Å². The fraction of sp³-hybridized carbons (Fsp3) is 0.791. The van der Waals surface area contributed by atoms with E-state index in [0.29, 0.717) is 12.2 Å². The van der Waals surface area contributed by atoms with E-state index in [1.54, 1.807) is 6.07 Å². The maximum absolute atomic E-state index is 14.4. The van der Waals surface area contributed by atoms with Gasteiger partial charge in [-0.15, -0.1) is 12.3 Å². The van der Waals surface area contributed by atoms with Gasteiger partial charge in [-0.3, -0.25) is 4.79 Å². The zero-order chi connectivity index (χ0) is 49.8.